The minimum absolute atomic E-state index is 0.0654. The third-order valence-corrected chi connectivity index (χ3v) is 8.61. The second-order valence-corrected chi connectivity index (χ2v) is 10.5. The molecule has 3 aliphatic heterocycles. The number of fused-ring (bicyclic) bond motifs is 1. The molecular weight excluding hydrogens is 420 g/mol. The first-order chi connectivity index (χ1) is 13.3. The average molecular weight is 451 g/mol. The first-order valence-electron chi connectivity index (χ1n) is 10.6. The van der Waals surface area contributed by atoms with E-state index in [2.05, 4.69) is 46.6 Å². The summed E-state index contributed by atoms with van der Waals surface area (Å²) in [5.41, 5.74) is 0.766. The van der Waals surface area contributed by atoms with Crippen LogP contribution in [0.2, 0.25) is 0 Å². The maximum Gasteiger partial charge on any atom is 0.172 e. The van der Waals surface area contributed by atoms with Crippen molar-refractivity contribution in [2.24, 2.45) is 5.92 Å². The van der Waals surface area contributed by atoms with E-state index in [0.717, 1.165) is 56.1 Å². The zero-order valence-corrected chi connectivity index (χ0v) is 18.6. The zero-order chi connectivity index (χ0) is 19.8. The van der Waals surface area contributed by atoms with E-state index in [1.807, 2.05) is 6.07 Å². The van der Waals surface area contributed by atoms with Gasteiger partial charge in [-0.1, -0.05) is 0 Å². The Balaban J connectivity index is 1.68. The van der Waals surface area contributed by atoms with Crippen molar-refractivity contribution in [3.05, 3.63) is 21.7 Å². The van der Waals surface area contributed by atoms with E-state index >= 15 is 0 Å². The summed E-state index contributed by atoms with van der Waals surface area (Å²) in [6.45, 7) is 7.98. The number of phenolic OH excluding ortho intramolecular Hbond substituents is 1. The predicted octanol–water partition coefficient (Wildman–Crippen LogP) is 3.03. The molecule has 0 bridgehead atoms. The molecule has 1 saturated carbocycles. The highest BCUT2D eigenvalue weighted by molar-refractivity contribution is 9.10. The number of aliphatic hydroxyl groups is 1. The number of ether oxygens (including phenoxy) is 1. The monoisotopic (exact) mass is 450 g/mol. The molecule has 6 heteroatoms. The second-order valence-electron chi connectivity index (χ2n) is 9.61. The molecule has 154 valence electrons. The van der Waals surface area contributed by atoms with Gasteiger partial charge >= 0.3 is 0 Å². The summed E-state index contributed by atoms with van der Waals surface area (Å²) in [5.74, 6) is 1.55. The van der Waals surface area contributed by atoms with Crippen LogP contribution in [0.15, 0.2) is 10.5 Å². The number of rotatable bonds is 2. The number of likely N-dealkylation sites (N-methyl/N-ethyl adjacent to an activating group) is 1. The number of hydrogen-bond acceptors (Lipinski definition) is 5. The Kier molecular flexibility index (Phi) is 4.34. The molecule has 3 fully saturated rings. The highest BCUT2D eigenvalue weighted by atomic mass is 79.9. The van der Waals surface area contributed by atoms with E-state index in [-0.39, 0.29) is 17.9 Å². The lowest BCUT2D eigenvalue weighted by Crippen LogP contribution is -2.70. The molecule has 3 unspecified atom stereocenters. The van der Waals surface area contributed by atoms with Crippen LogP contribution >= 0.6 is 15.9 Å². The maximum absolute atomic E-state index is 12.4. The van der Waals surface area contributed by atoms with Gasteiger partial charge in [0.25, 0.3) is 0 Å². The zero-order valence-electron chi connectivity index (χ0n) is 17.0. The van der Waals surface area contributed by atoms with E-state index in [4.69, 9.17) is 4.74 Å². The molecule has 3 heterocycles. The van der Waals surface area contributed by atoms with Gasteiger partial charge in [0, 0.05) is 31.2 Å². The fourth-order valence-corrected chi connectivity index (χ4v) is 6.76. The molecule has 1 aliphatic carbocycles. The molecule has 2 saturated heterocycles. The number of benzene rings is 1. The Morgan fingerprint density at radius 3 is 2.75 bits per heavy atom. The van der Waals surface area contributed by atoms with Gasteiger partial charge in [0.15, 0.2) is 11.5 Å². The van der Waals surface area contributed by atoms with Crippen molar-refractivity contribution in [1.29, 1.82) is 0 Å². The number of aryl methyl sites for hydroxylation is 1. The van der Waals surface area contributed by atoms with Crippen LogP contribution in [-0.2, 0) is 5.41 Å². The highest BCUT2D eigenvalue weighted by Crippen LogP contribution is 2.61. The Labute approximate surface area is 175 Å². The minimum Gasteiger partial charge on any atom is -0.503 e. The van der Waals surface area contributed by atoms with Gasteiger partial charge in [-0.3, -0.25) is 4.90 Å². The van der Waals surface area contributed by atoms with Crippen LogP contribution in [0, 0.1) is 12.8 Å². The van der Waals surface area contributed by atoms with Crippen molar-refractivity contribution < 1.29 is 14.9 Å². The summed E-state index contributed by atoms with van der Waals surface area (Å²) in [7, 11) is 2.11. The number of hydrogen-bond donors (Lipinski definition) is 2. The molecule has 5 rings (SSSR count). The number of piperidine rings is 1. The van der Waals surface area contributed by atoms with Crippen LogP contribution in [-0.4, -0.2) is 71.0 Å². The Morgan fingerprint density at radius 2 is 2.04 bits per heavy atom. The molecule has 28 heavy (non-hydrogen) atoms. The number of likely N-dealkylation sites (tertiary alicyclic amines) is 2. The van der Waals surface area contributed by atoms with E-state index in [1.165, 1.54) is 12.8 Å². The van der Waals surface area contributed by atoms with Crippen LogP contribution in [0.5, 0.6) is 11.5 Å². The van der Waals surface area contributed by atoms with Gasteiger partial charge in [-0.25, -0.2) is 0 Å². The van der Waals surface area contributed by atoms with Gasteiger partial charge in [0.1, 0.15) is 6.10 Å². The average Bonchev–Trinajstić information content (AvgIpc) is 3.42. The lowest BCUT2D eigenvalue weighted by molar-refractivity contribution is -0.151. The molecule has 0 amide bonds. The fraction of sp³-hybridized carbons (Fsp3) is 0.727. The number of nitrogens with zero attached hydrogens (tertiary/aromatic N) is 2. The van der Waals surface area contributed by atoms with E-state index in [9.17, 15) is 10.2 Å². The molecular formula is C22H31BrN2O3. The summed E-state index contributed by atoms with van der Waals surface area (Å²) < 4.78 is 7.12. The van der Waals surface area contributed by atoms with E-state index in [1.54, 1.807) is 0 Å². The van der Waals surface area contributed by atoms with Gasteiger partial charge in [-0.2, -0.15) is 0 Å². The van der Waals surface area contributed by atoms with Crippen molar-refractivity contribution >= 4 is 15.9 Å². The van der Waals surface area contributed by atoms with Crippen LogP contribution in [0.3, 0.4) is 0 Å². The van der Waals surface area contributed by atoms with Crippen molar-refractivity contribution in [2.75, 3.05) is 33.2 Å². The Hall–Kier alpha value is -0.820. The minimum atomic E-state index is -0.883. The first kappa shape index (κ1) is 19.2. The van der Waals surface area contributed by atoms with Gasteiger partial charge in [-0.05, 0) is 86.6 Å². The number of aromatic hydroxyl groups is 1. The summed E-state index contributed by atoms with van der Waals surface area (Å²) in [6, 6.07) is 2.04. The van der Waals surface area contributed by atoms with Gasteiger partial charge in [0.05, 0.1) is 15.5 Å². The van der Waals surface area contributed by atoms with Crippen LogP contribution < -0.4 is 4.74 Å². The van der Waals surface area contributed by atoms with Crippen molar-refractivity contribution in [2.45, 2.75) is 62.7 Å². The lowest BCUT2D eigenvalue weighted by Gasteiger charge is -2.57. The predicted molar refractivity (Wildman–Crippen MR) is 112 cm³/mol. The van der Waals surface area contributed by atoms with Crippen LogP contribution in [0.25, 0.3) is 0 Å². The number of halogens is 1. The van der Waals surface area contributed by atoms with E-state index < -0.39 is 11.0 Å². The highest BCUT2D eigenvalue weighted by Gasteiger charge is 2.67. The standard InChI is InChI=1S/C22H31BrN2O3/c1-13-10-16(23)19(26)20-18(13)21-6-9-25(11-15-4-5-15)14(2)22(21,27)7-8-24(3)12-17(21)28-20/h10,14-15,17,26-27H,4-9,11-12H2,1-3H3/t14?,17-,21?,22?/m0/s1. The first-order valence-corrected chi connectivity index (χ1v) is 11.4. The topological polar surface area (TPSA) is 56.2 Å². The summed E-state index contributed by atoms with van der Waals surface area (Å²) in [4.78, 5) is 4.78. The molecule has 1 aromatic rings. The fourth-order valence-electron chi connectivity index (χ4n) is 6.24. The second kappa shape index (κ2) is 6.34. The number of phenols is 1. The van der Waals surface area contributed by atoms with E-state index in [0.29, 0.717) is 10.2 Å². The SMILES string of the molecule is Cc1cc(Br)c(O)c2c1C13CCN(CC4CC4)C(C)C1(O)CCN(C)C[C@@H]3O2. The molecule has 4 aliphatic rings. The molecule has 5 nitrogen and oxygen atoms in total. The van der Waals surface area contributed by atoms with Crippen LogP contribution in [0.4, 0.5) is 0 Å². The molecule has 4 atom stereocenters. The molecule has 1 aromatic carbocycles. The Bertz CT molecular complexity index is 813. The summed E-state index contributed by atoms with van der Waals surface area (Å²) >= 11 is 3.47. The van der Waals surface area contributed by atoms with Crippen molar-refractivity contribution in [1.82, 2.24) is 9.80 Å². The van der Waals surface area contributed by atoms with Crippen molar-refractivity contribution in [3.63, 3.8) is 0 Å². The quantitative estimate of drug-likeness (QED) is 0.724. The van der Waals surface area contributed by atoms with Crippen LogP contribution in [0.1, 0.15) is 43.7 Å². The molecule has 2 N–H and O–H groups in total. The third kappa shape index (κ3) is 2.47. The van der Waals surface area contributed by atoms with Gasteiger partial charge < -0.3 is 19.8 Å². The summed E-state index contributed by atoms with van der Waals surface area (Å²) in [6.07, 6.45) is 4.09. The lowest BCUT2D eigenvalue weighted by atomic mass is 9.56. The maximum atomic E-state index is 12.4. The smallest absolute Gasteiger partial charge is 0.172 e. The normalized spacial score (nSPS) is 38.3. The molecule has 1 spiro atoms. The molecule has 0 aromatic heterocycles. The molecule has 0 radical (unpaired) electrons. The Morgan fingerprint density at radius 1 is 1.29 bits per heavy atom. The van der Waals surface area contributed by atoms with Crippen molar-refractivity contribution in [3.8, 4) is 11.5 Å². The summed E-state index contributed by atoms with van der Waals surface area (Å²) in [5, 5.41) is 23.2. The largest absolute Gasteiger partial charge is 0.503 e. The third-order valence-electron chi connectivity index (χ3n) is 8.01. The van der Waals surface area contributed by atoms with Gasteiger partial charge in [0.2, 0.25) is 0 Å². The van der Waals surface area contributed by atoms with Gasteiger partial charge in [-0.15, -0.1) is 0 Å².